The maximum atomic E-state index is 14.0. The second-order valence-electron chi connectivity index (χ2n) is 10.4. The van der Waals surface area contributed by atoms with Gasteiger partial charge < -0.3 is 18.6 Å². The standard InChI is InChI=1S/C33H31ClN2O7S/c1-7-41-32(39)28-19(5)35-33-36(29(28)24-15-21(34)9-12-25(24)40-6)30(37)27(44-33)16-22-10-13-26(43-22)23-11-8-20(14-18(23)4)31(38)42-17(2)3/h8-17,29H,7H2,1-6H3/b27-16-/t29-/m1/s1. The molecule has 1 atom stereocenters. The van der Waals surface area contributed by atoms with Gasteiger partial charge in [0.1, 0.15) is 23.3 Å². The zero-order valence-corrected chi connectivity index (χ0v) is 26.7. The predicted octanol–water partition coefficient (Wildman–Crippen LogP) is 5.59. The van der Waals surface area contributed by atoms with Crippen LogP contribution in [0.4, 0.5) is 0 Å². The number of allylic oxidation sites excluding steroid dienone is 1. The molecule has 9 nitrogen and oxygen atoms in total. The van der Waals surface area contributed by atoms with Crippen molar-refractivity contribution >= 4 is 41.0 Å². The van der Waals surface area contributed by atoms with Gasteiger partial charge in [-0.15, -0.1) is 0 Å². The fourth-order valence-electron chi connectivity index (χ4n) is 5.06. The van der Waals surface area contributed by atoms with E-state index in [0.717, 1.165) is 11.1 Å². The van der Waals surface area contributed by atoms with Crippen LogP contribution in [0, 0.1) is 6.92 Å². The Kier molecular flexibility index (Phi) is 8.94. The maximum Gasteiger partial charge on any atom is 0.338 e. The van der Waals surface area contributed by atoms with Crippen molar-refractivity contribution in [1.29, 1.82) is 0 Å². The number of methoxy groups -OCH3 is 1. The molecule has 2 aromatic carbocycles. The smallest absolute Gasteiger partial charge is 0.338 e. The van der Waals surface area contributed by atoms with E-state index in [1.54, 1.807) is 82.3 Å². The van der Waals surface area contributed by atoms with Crippen LogP contribution >= 0.6 is 22.9 Å². The van der Waals surface area contributed by atoms with Crippen LogP contribution < -0.4 is 19.6 Å². The summed E-state index contributed by atoms with van der Waals surface area (Å²) in [5.74, 6) is 0.517. The van der Waals surface area contributed by atoms with Crippen molar-refractivity contribution in [1.82, 2.24) is 4.57 Å². The monoisotopic (exact) mass is 634 g/mol. The lowest BCUT2D eigenvalue weighted by molar-refractivity contribution is -0.139. The number of benzene rings is 2. The average molecular weight is 635 g/mol. The van der Waals surface area contributed by atoms with Crippen LogP contribution in [0.5, 0.6) is 5.75 Å². The first-order valence-corrected chi connectivity index (χ1v) is 15.2. The zero-order chi connectivity index (χ0) is 31.7. The van der Waals surface area contributed by atoms with Crippen molar-refractivity contribution in [2.75, 3.05) is 13.7 Å². The number of nitrogens with zero attached hydrogens (tertiary/aromatic N) is 2. The Hall–Kier alpha value is -4.41. The second-order valence-corrected chi connectivity index (χ2v) is 11.8. The fourth-order valence-corrected chi connectivity index (χ4v) is 6.27. The summed E-state index contributed by atoms with van der Waals surface area (Å²) in [6.45, 7) is 9.07. The third-order valence-electron chi connectivity index (χ3n) is 6.97. The van der Waals surface area contributed by atoms with Gasteiger partial charge in [0.2, 0.25) is 0 Å². The van der Waals surface area contributed by atoms with Crippen molar-refractivity contribution in [2.45, 2.75) is 46.8 Å². The summed E-state index contributed by atoms with van der Waals surface area (Å²) in [5.41, 5.74) is 2.91. The number of hydrogen-bond acceptors (Lipinski definition) is 9. The molecular weight excluding hydrogens is 604 g/mol. The molecule has 0 amide bonds. The quantitative estimate of drug-likeness (QED) is 0.232. The number of aryl methyl sites for hydroxylation is 1. The van der Waals surface area contributed by atoms with E-state index >= 15 is 0 Å². The summed E-state index contributed by atoms with van der Waals surface area (Å²) in [4.78, 5) is 44.5. The molecule has 0 fully saturated rings. The topological polar surface area (TPSA) is 109 Å². The normalized spacial score (nSPS) is 14.8. The van der Waals surface area contributed by atoms with E-state index in [1.165, 1.54) is 23.0 Å². The van der Waals surface area contributed by atoms with Gasteiger partial charge in [-0.25, -0.2) is 14.6 Å². The molecule has 2 aromatic heterocycles. The van der Waals surface area contributed by atoms with Crippen LogP contribution in [0.3, 0.4) is 0 Å². The molecular formula is C33H31ClN2O7S. The van der Waals surface area contributed by atoms with Gasteiger partial charge in [0, 0.05) is 22.2 Å². The summed E-state index contributed by atoms with van der Waals surface area (Å²) in [5, 5.41) is 0.420. The number of hydrogen-bond donors (Lipinski definition) is 0. The summed E-state index contributed by atoms with van der Waals surface area (Å²) in [6, 6.07) is 13.0. The maximum absolute atomic E-state index is 14.0. The van der Waals surface area contributed by atoms with Crippen molar-refractivity contribution in [3.63, 3.8) is 0 Å². The fraction of sp³-hybridized carbons (Fsp3) is 0.273. The minimum Gasteiger partial charge on any atom is -0.496 e. The molecule has 0 saturated carbocycles. The third-order valence-corrected chi connectivity index (χ3v) is 8.19. The molecule has 0 aliphatic carbocycles. The first-order valence-electron chi connectivity index (χ1n) is 14.0. The van der Waals surface area contributed by atoms with Gasteiger partial charge in [-0.1, -0.05) is 29.0 Å². The molecule has 1 aliphatic heterocycles. The van der Waals surface area contributed by atoms with Gasteiger partial charge in [0.25, 0.3) is 5.56 Å². The lowest BCUT2D eigenvalue weighted by Crippen LogP contribution is -2.40. The van der Waals surface area contributed by atoms with Crippen LogP contribution in [0.25, 0.3) is 17.4 Å². The highest BCUT2D eigenvalue weighted by Gasteiger charge is 2.35. The number of furan rings is 1. The van der Waals surface area contributed by atoms with Gasteiger partial charge in [-0.2, -0.15) is 0 Å². The van der Waals surface area contributed by atoms with Gasteiger partial charge in [-0.05, 0) is 82.6 Å². The molecule has 0 N–H and O–H groups in total. The zero-order valence-electron chi connectivity index (χ0n) is 25.1. The van der Waals surface area contributed by atoms with E-state index in [-0.39, 0.29) is 29.8 Å². The van der Waals surface area contributed by atoms with Gasteiger partial charge in [0.15, 0.2) is 4.80 Å². The highest BCUT2D eigenvalue weighted by molar-refractivity contribution is 7.07. The Morgan fingerprint density at radius 1 is 1.11 bits per heavy atom. The van der Waals surface area contributed by atoms with Crippen LogP contribution in [0.1, 0.15) is 61.0 Å². The molecule has 4 aromatic rings. The summed E-state index contributed by atoms with van der Waals surface area (Å²) < 4.78 is 24.2. The Morgan fingerprint density at radius 2 is 1.89 bits per heavy atom. The van der Waals surface area contributed by atoms with Crippen LogP contribution in [-0.2, 0) is 14.3 Å². The average Bonchev–Trinajstić information content (AvgIpc) is 3.55. The van der Waals surface area contributed by atoms with Crippen LogP contribution in [0.15, 0.2) is 74.0 Å². The molecule has 11 heteroatoms. The highest BCUT2D eigenvalue weighted by atomic mass is 35.5. The number of aromatic nitrogens is 1. The van der Waals surface area contributed by atoms with Crippen molar-refractivity contribution in [3.8, 4) is 17.1 Å². The highest BCUT2D eigenvalue weighted by Crippen LogP contribution is 2.37. The van der Waals surface area contributed by atoms with E-state index in [4.69, 9.17) is 30.2 Å². The van der Waals surface area contributed by atoms with E-state index in [2.05, 4.69) is 4.99 Å². The predicted molar refractivity (Wildman–Crippen MR) is 168 cm³/mol. The number of esters is 2. The molecule has 3 heterocycles. The summed E-state index contributed by atoms with van der Waals surface area (Å²) in [7, 11) is 1.51. The largest absolute Gasteiger partial charge is 0.496 e. The molecule has 1 aliphatic rings. The van der Waals surface area contributed by atoms with E-state index in [0.29, 0.717) is 48.5 Å². The lowest BCUT2D eigenvalue weighted by Gasteiger charge is -2.26. The first kappa shape index (κ1) is 31.0. The minimum atomic E-state index is -0.878. The van der Waals surface area contributed by atoms with Gasteiger partial charge in [-0.3, -0.25) is 9.36 Å². The number of fused-ring (bicyclic) bond motifs is 1. The van der Waals surface area contributed by atoms with Crippen molar-refractivity contribution < 1.29 is 28.2 Å². The molecule has 44 heavy (non-hydrogen) atoms. The second kappa shape index (κ2) is 12.7. The first-order chi connectivity index (χ1) is 21.0. The van der Waals surface area contributed by atoms with Gasteiger partial charge >= 0.3 is 11.9 Å². The van der Waals surface area contributed by atoms with Crippen molar-refractivity contribution in [3.05, 3.63) is 107 Å². The summed E-state index contributed by atoms with van der Waals surface area (Å²) >= 11 is 7.55. The number of thiazole rings is 1. The third kappa shape index (κ3) is 6.00. The van der Waals surface area contributed by atoms with E-state index < -0.39 is 12.0 Å². The number of carbonyl (C=O) groups is 2. The van der Waals surface area contributed by atoms with E-state index in [1.807, 2.05) is 6.92 Å². The number of halogens is 1. The van der Waals surface area contributed by atoms with Crippen LogP contribution in [-0.4, -0.2) is 36.3 Å². The molecule has 0 saturated heterocycles. The SMILES string of the molecule is CCOC(=O)C1=C(C)N=c2s/c(=C\c3ccc(-c4ccc(C(=O)OC(C)C)cc4C)o3)c(=O)n2[C@@H]1c1cc(Cl)ccc1OC. The molecule has 228 valence electrons. The Balaban J connectivity index is 1.58. The molecule has 0 spiro atoms. The van der Waals surface area contributed by atoms with E-state index in [9.17, 15) is 14.4 Å². The van der Waals surface area contributed by atoms with Gasteiger partial charge in [0.05, 0.1) is 41.2 Å². The molecule has 0 radical (unpaired) electrons. The molecule has 0 bridgehead atoms. The molecule has 5 rings (SSSR count). The minimum absolute atomic E-state index is 0.157. The van der Waals surface area contributed by atoms with Crippen LogP contribution in [0.2, 0.25) is 5.02 Å². The molecule has 0 unspecified atom stereocenters. The Morgan fingerprint density at radius 3 is 2.57 bits per heavy atom. The number of ether oxygens (including phenoxy) is 3. The van der Waals surface area contributed by atoms with Crippen molar-refractivity contribution in [2.24, 2.45) is 4.99 Å². The summed E-state index contributed by atoms with van der Waals surface area (Å²) in [6.07, 6.45) is 1.43. The Bertz CT molecular complexity index is 1980. The number of carbonyl (C=O) groups excluding carboxylic acids is 2. The lowest BCUT2D eigenvalue weighted by atomic mass is 9.95. The number of rotatable bonds is 8. The Labute approximate surface area is 262 Å².